The van der Waals surface area contributed by atoms with E-state index in [1.165, 1.54) is 11.8 Å². The summed E-state index contributed by atoms with van der Waals surface area (Å²) in [6, 6.07) is 0. The Morgan fingerprint density at radius 3 is 2.67 bits per heavy atom. The van der Waals surface area contributed by atoms with Crippen LogP contribution in [0.25, 0.3) is 0 Å². The van der Waals surface area contributed by atoms with Crippen molar-refractivity contribution < 1.29 is 10.3 Å². The fourth-order valence-corrected chi connectivity index (χ4v) is 2.52. The predicted molar refractivity (Wildman–Crippen MR) is 71.0 cm³/mol. The average Bonchev–Trinajstić information content (AvgIpc) is 2.33. The van der Waals surface area contributed by atoms with Crippen LogP contribution in [-0.4, -0.2) is 38.2 Å². The lowest BCUT2D eigenvalue weighted by molar-refractivity contribution is 0.289. The predicted octanol–water partition coefficient (Wildman–Crippen LogP) is 1.05. The molecule has 0 spiro atoms. The van der Waals surface area contributed by atoms with Crippen molar-refractivity contribution in [1.82, 2.24) is 10.2 Å². The smallest absolute Gasteiger partial charge is 0.173 e. The van der Waals surface area contributed by atoms with E-state index >= 15 is 0 Å². The number of hydrogen-bond donors (Lipinski definition) is 3. The zero-order chi connectivity index (χ0) is 13.7. The molecule has 0 radical (unpaired) electrons. The molecule has 0 aromatic carbocycles. The summed E-state index contributed by atoms with van der Waals surface area (Å²) in [5.74, 6) is 0.0317. The monoisotopic (exact) mass is 270 g/mol. The van der Waals surface area contributed by atoms with Crippen molar-refractivity contribution in [2.75, 3.05) is 6.61 Å². The van der Waals surface area contributed by atoms with Gasteiger partial charge in [-0.15, -0.1) is 16.9 Å². The standard InChI is InChI=1S/C11H18N4O2S/c1-6(4-5-16)18-11-9(10(12)15-17)7(2)8(3)13-14-11/h6,16-17H,4-5H2,1-3H3,(H2,12,15). The highest BCUT2D eigenvalue weighted by molar-refractivity contribution is 7.99. The Balaban J connectivity index is 3.15. The fraction of sp³-hybridized carbons (Fsp3) is 0.545. The van der Waals surface area contributed by atoms with Gasteiger partial charge in [0, 0.05) is 11.9 Å². The third-order valence-corrected chi connectivity index (χ3v) is 3.78. The second kappa shape index (κ2) is 6.55. The van der Waals surface area contributed by atoms with Gasteiger partial charge in [0.2, 0.25) is 0 Å². The highest BCUT2D eigenvalue weighted by Crippen LogP contribution is 2.28. The van der Waals surface area contributed by atoms with E-state index in [2.05, 4.69) is 15.4 Å². The number of rotatable bonds is 5. The Morgan fingerprint density at radius 1 is 1.44 bits per heavy atom. The van der Waals surface area contributed by atoms with Crippen LogP contribution in [0.3, 0.4) is 0 Å². The van der Waals surface area contributed by atoms with Gasteiger partial charge in [-0.25, -0.2) is 0 Å². The third-order valence-electron chi connectivity index (χ3n) is 2.63. The van der Waals surface area contributed by atoms with Crippen molar-refractivity contribution in [3.63, 3.8) is 0 Å². The molecule has 1 unspecified atom stereocenters. The largest absolute Gasteiger partial charge is 0.409 e. The van der Waals surface area contributed by atoms with Crippen molar-refractivity contribution in [3.8, 4) is 0 Å². The van der Waals surface area contributed by atoms with Crippen LogP contribution in [0.2, 0.25) is 0 Å². The van der Waals surface area contributed by atoms with Crippen molar-refractivity contribution in [2.24, 2.45) is 10.9 Å². The van der Waals surface area contributed by atoms with Gasteiger partial charge in [-0.3, -0.25) is 0 Å². The van der Waals surface area contributed by atoms with E-state index in [1.54, 1.807) is 0 Å². The summed E-state index contributed by atoms with van der Waals surface area (Å²) in [6.07, 6.45) is 0.648. The number of hydrogen-bond acceptors (Lipinski definition) is 6. The molecule has 1 rings (SSSR count). The molecule has 1 heterocycles. The summed E-state index contributed by atoms with van der Waals surface area (Å²) in [7, 11) is 0. The van der Waals surface area contributed by atoms with Gasteiger partial charge in [0.1, 0.15) is 5.03 Å². The van der Waals surface area contributed by atoms with Crippen LogP contribution in [0.4, 0.5) is 0 Å². The number of oxime groups is 1. The zero-order valence-corrected chi connectivity index (χ0v) is 11.5. The first-order valence-corrected chi connectivity index (χ1v) is 6.48. The number of aryl methyl sites for hydroxylation is 1. The molecule has 0 bridgehead atoms. The Labute approximate surface area is 110 Å². The van der Waals surface area contributed by atoms with E-state index in [0.29, 0.717) is 17.0 Å². The molecular formula is C11H18N4O2S. The van der Waals surface area contributed by atoms with Crippen LogP contribution >= 0.6 is 11.8 Å². The van der Waals surface area contributed by atoms with Crippen LogP contribution in [0.15, 0.2) is 10.2 Å². The van der Waals surface area contributed by atoms with E-state index < -0.39 is 0 Å². The van der Waals surface area contributed by atoms with E-state index in [-0.39, 0.29) is 17.7 Å². The molecule has 0 saturated carbocycles. The molecule has 7 heteroatoms. The van der Waals surface area contributed by atoms with Crippen molar-refractivity contribution in [2.45, 2.75) is 37.5 Å². The van der Waals surface area contributed by atoms with E-state index in [9.17, 15) is 0 Å². The molecule has 0 amide bonds. The topological polar surface area (TPSA) is 105 Å². The van der Waals surface area contributed by atoms with Gasteiger partial charge >= 0.3 is 0 Å². The lowest BCUT2D eigenvalue weighted by atomic mass is 10.1. The average molecular weight is 270 g/mol. The maximum Gasteiger partial charge on any atom is 0.173 e. The molecule has 6 nitrogen and oxygen atoms in total. The molecule has 0 fully saturated rings. The number of aliphatic hydroxyl groups excluding tert-OH is 1. The van der Waals surface area contributed by atoms with E-state index in [4.69, 9.17) is 16.0 Å². The molecule has 1 aromatic heterocycles. The molecule has 1 aromatic rings. The van der Waals surface area contributed by atoms with Crippen molar-refractivity contribution in [1.29, 1.82) is 0 Å². The van der Waals surface area contributed by atoms with Gasteiger partial charge in [0.25, 0.3) is 0 Å². The number of nitrogens with two attached hydrogens (primary N) is 1. The number of thioether (sulfide) groups is 1. The molecule has 0 saturated heterocycles. The van der Waals surface area contributed by atoms with Crippen LogP contribution in [0, 0.1) is 13.8 Å². The summed E-state index contributed by atoms with van der Waals surface area (Å²) in [6.45, 7) is 5.78. The van der Waals surface area contributed by atoms with Gasteiger partial charge in [-0.05, 0) is 25.8 Å². The molecular weight excluding hydrogens is 252 g/mol. The Kier molecular flexibility index (Phi) is 5.36. The maximum absolute atomic E-state index is 8.90. The van der Waals surface area contributed by atoms with Crippen molar-refractivity contribution >= 4 is 17.6 Å². The van der Waals surface area contributed by atoms with Crippen LogP contribution in [-0.2, 0) is 0 Å². The number of amidine groups is 1. The SMILES string of the molecule is Cc1nnc(SC(C)CCO)c(C(N)=NO)c1C. The molecule has 0 aliphatic heterocycles. The Morgan fingerprint density at radius 2 is 2.11 bits per heavy atom. The van der Waals surface area contributed by atoms with Crippen LogP contribution in [0.1, 0.15) is 30.2 Å². The molecule has 0 aliphatic rings. The second-order valence-corrected chi connectivity index (χ2v) is 5.44. The summed E-state index contributed by atoms with van der Waals surface area (Å²) in [5.41, 5.74) is 7.89. The lowest BCUT2D eigenvalue weighted by Gasteiger charge is -2.14. The lowest BCUT2D eigenvalue weighted by Crippen LogP contribution is -2.19. The summed E-state index contributed by atoms with van der Waals surface area (Å²) in [5, 5.41) is 29.7. The van der Waals surface area contributed by atoms with Gasteiger partial charge < -0.3 is 16.0 Å². The maximum atomic E-state index is 8.90. The van der Waals surface area contributed by atoms with Crippen LogP contribution in [0.5, 0.6) is 0 Å². The number of aromatic nitrogens is 2. The highest BCUT2D eigenvalue weighted by Gasteiger charge is 2.17. The van der Waals surface area contributed by atoms with Gasteiger partial charge in [-0.1, -0.05) is 12.1 Å². The van der Waals surface area contributed by atoms with E-state index in [0.717, 1.165) is 11.3 Å². The molecule has 4 N–H and O–H groups in total. The highest BCUT2D eigenvalue weighted by atomic mass is 32.2. The van der Waals surface area contributed by atoms with Gasteiger partial charge in [-0.2, -0.15) is 5.10 Å². The first-order valence-electron chi connectivity index (χ1n) is 5.60. The van der Waals surface area contributed by atoms with Crippen molar-refractivity contribution in [3.05, 3.63) is 16.8 Å². The van der Waals surface area contributed by atoms with E-state index in [1.807, 2.05) is 20.8 Å². The molecule has 0 aliphatic carbocycles. The summed E-state index contributed by atoms with van der Waals surface area (Å²) >= 11 is 1.46. The van der Waals surface area contributed by atoms with Crippen LogP contribution < -0.4 is 5.73 Å². The molecule has 1 atom stereocenters. The quantitative estimate of drug-likeness (QED) is 0.243. The second-order valence-electron chi connectivity index (χ2n) is 4.02. The van der Waals surface area contributed by atoms with Gasteiger partial charge in [0.15, 0.2) is 5.84 Å². The summed E-state index contributed by atoms with van der Waals surface area (Å²) < 4.78 is 0. The Bertz CT molecular complexity index is 451. The molecule has 100 valence electrons. The number of nitrogens with zero attached hydrogens (tertiary/aromatic N) is 3. The molecule has 18 heavy (non-hydrogen) atoms. The zero-order valence-electron chi connectivity index (χ0n) is 10.7. The first kappa shape index (κ1) is 14.7. The number of aliphatic hydroxyl groups is 1. The fourth-order valence-electron chi connectivity index (χ4n) is 1.45. The minimum absolute atomic E-state index is 0.0317. The first-order chi connectivity index (χ1) is 8.51. The summed E-state index contributed by atoms with van der Waals surface area (Å²) in [4.78, 5) is 0. The minimum atomic E-state index is 0.0317. The van der Waals surface area contributed by atoms with Gasteiger partial charge in [0.05, 0.1) is 11.3 Å². The minimum Gasteiger partial charge on any atom is -0.409 e. The third kappa shape index (κ3) is 3.33. The Hall–Kier alpha value is -1.34. The normalized spacial score (nSPS) is 13.7.